The summed E-state index contributed by atoms with van der Waals surface area (Å²) in [5.41, 5.74) is -0.875. The van der Waals surface area contributed by atoms with E-state index >= 15 is 0 Å². The van der Waals surface area contributed by atoms with Crippen LogP contribution in [0.1, 0.15) is 22.8 Å². The van der Waals surface area contributed by atoms with E-state index in [1.165, 1.54) is 48.0 Å². The van der Waals surface area contributed by atoms with Crippen LogP contribution in [0, 0.1) is 0 Å². The molecule has 0 saturated heterocycles. The summed E-state index contributed by atoms with van der Waals surface area (Å²) in [6.45, 7) is 1.77. The zero-order valence-electron chi connectivity index (χ0n) is 29.1. The number of carbonyl (C=O) groups excluding carboxylic acids is 1. The first kappa shape index (κ1) is 38.8. The van der Waals surface area contributed by atoms with Crippen molar-refractivity contribution in [2.75, 3.05) is 22.6 Å². The van der Waals surface area contributed by atoms with E-state index in [2.05, 4.69) is 30.9 Å². The SMILES string of the molecule is CCOc1c2c3c(c(Nc4cc(Nc5nc(O)nc(Nc6ccccc6S(=O)(=O)O)n5)c(S(=O)(=O)O)cc4S(=O)(=O)O)ccc3n(C)c1=O)C(=O)c1ccccc1-2. The molecule has 7 rings (SSSR count). The van der Waals surface area contributed by atoms with Crippen molar-refractivity contribution in [3.63, 3.8) is 0 Å². The molecule has 7 N–H and O–H groups in total. The van der Waals surface area contributed by atoms with Gasteiger partial charge in [-0.25, -0.2) is 0 Å². The number of hydrogen-bond donors (Lipinski definition) is 7. The molecule has 2 heterocycles. The Kier molecular flexibility index (Phi) is 9.46. The van der Waals surface area contributed by atoms with Crippen molar-refractivity contribution < 1.29 is 53.5 Å². The second-order valence-electron chi connectivity index (χ2n) is 12.2. The number of aromatic nitrogens is 4. The molecule has 23 heteroatoms. The van der Waals surface area contributed by atoms with E-state index in [9.17, 15) is 53.6 Å². The van der Waals surface area contributed by atoms with Crippen molar-refractivity contribution in [3.05, 3.63) is 94.3 Å². The van der Waals surface area contributed by atoms with Gasteiger partial charge in [-0.3, -0.25) is 23.2 Å². The summed E-state index contributed by atoms with van der Waals surface area (Å²) in [6, 6.07) is 14.5. The Morgan fingerprint density at radius 1 is 0.649 bits per heavy atom. The van der Waals surface area contributed by atoms with E-state index < -0.39 is 85.7 Å². The van der Waals surface area contributed by atoms with Crippen LogP contribution in [0.25, 0.3) is 22.0 Å². The van der Waals surface area contributed by atoms with E-state index in [4.69, 9.17) is 4.74 Å². The lowest BCUT2D eigenvalue weighted by Gasteiger charge is -2.26. The summed E-state index contributed by atoms with van der Waals surface area (Å²) in [6.07, 6.45) is 0. The zero-order valence-corrected chi connectivity index (χ0v) is 31.6. The molecule has 0 amide bonds. The highest BCUT2D eigenvalue weighted by Crippen LogP contribution is 2.46. The molecule has 0 atom stereocenters. The average Bonchev–Trinajstić information content (AvgIpc) is 3.12. The van der Waals surface area contributed by atoms with Gasteiger partial charge in [-0.05, 0) is 48.9 Å². The van der Waals surface area contributed by atoms with E-state index in [-0.39, 0.29) is 40.2 Å². The lowest BCUT2D eigenvalue weighted by molar-refractivity contribution is 0.104. The first-order valence-electron chi connectivity index (χ1n) is 16.2. The van der Waals surface area contributed by atoms with Gasteiger partial charge < -0.3 is 30.4 Å². The Balaban J connectivity index is 1.41. The minimum absolute atomic E-state index is 0.0457. The average molecular weight is 838 g/mol. The van der Waals surface area contributed by atoms with Crippen molar-refractivity contribution in [2.24, 2.45) is 7.05 Å². The van der Waals surface area contributed by atoms with E-state index in [1.54, 1.807) is 25.1 Å². The summed E-state index contributed by atoms with van der Waals surface area (Å²) in [5, 5.41) is 18.2. The van der Waals surface area contributed by atoms with Gasteiger partial charge in [0.2, 0.25) is 11.9 Å². The molecule has 0 spiro atoms. The van der Waals surface area contributed by atoms with Gasteiger partial charge in [0.05, 0.1) is 40.4 Å². The number of ketones is 1. The standard InChI is InChI=1S/C34H27N7O13S3/c1-3-54-30-26-16-8-4-5-9-17(16)29(42)27-19(12-13-22(28(26)27)41(2)31(30)43)35-20-14-21(25(57(51,52)53)15-24(20)56(48,49)50)37-33-38-32(39-34(44)40-33)36-18-10-6-7-11-23(18)55(45,46)47/h4-15,35H,3H2,1-2H3,(H,45,46,47)(H,48,49,50)(H,51,52,53)(H3,36,37,38,39,40,44). The molecular formula is C34H27N7O13S3. The molecule has 1 aliphatic carbocycles. The molecule has 294 valence electrons. The van der Waals surface area contributed by atoms with Crippen LogP contribution in [0.5, 0.6) is 11.8 Å². The van der Waals surface area contributed by atoms with E-state index in [1.807, 2.05) is 0 Å². The van der Waals surface area contributed by atoms with Crippen LogP contribution in [0.4, 0.5) is 34.6 Å². The van der Waals surface area contributed by atoms with Gasteiger partial charge in [-0.15, -0.1) is 0 Å². The maximum absolute atomic E-state index is 14.3. The number of aryl methyl sites for hydroxylation is 1. The number of para-hydroxylation sites is 1. The Bertz CT molecular complexity index is 3120. The minimum atomic E-state index is -5.33. The summed E-state index contributed by atoms with van der Waals surface area (Å²) < 4.78 is 112. The highest BCUT2D eigenvalue weighted by molar-refractivity contribution is 7.87. The van der Waals surface area contributed by atoms with Gasteiger partial charge in [0.1, 0.15) is 14.7 Å². The number of hydrogen-bond acceptors (Lipinski definition) is 16. The lowest BCUT2D eigenvalue weighted by atomic mass is 9.82. The monoisotopic (exact) mass is 837 g/mol. The Labute approximate surface area is 322 Å². The quantitative estimate of drug-likeness (QED) is 0.0905. The molecule has 4 aromatic carbocycles. The number of fused-ring (bicyclic) bond motifs is 2. The van der Waals surface area contributed by atoms with Crippen molar-refractivity contribution in [2.45, 2.75) is 21.6 Å². The Morgan fingerprint density at radius 3 is 1.82 bits per heavy atom. The molecular weight excluding hydrogens is 811 g/mol. The van der Waals surface area contributed by atoms with Crippen LogP contribution < -0.4 is 26.2 Å². The van der Waals surface area contributed by atoms with Gasteiger partial charge in [0.15, 0.2) is 11.5 Å². The number of rotatable bonds is 11. The Morgan fingerprint density at radius 2 is 1.21 bits per heavy atom. The molecule has 0 saturated carbocycles. The topological polar surface area (TPSA) is 306 Å². The number of pyridine rings is 1. The van der Waals surface area contributed by atoms with Gasteiger partial charge in [-0.2, -0.15) is 40.2 Å². The fourth-order valence-corrected chi connectivity index (χ4v) is 8.39. The summed E-state index contributed by atoms with van der Waals surface area (Å²) in [5.74, 6) is -1.78. The van der Waals surface area contributed by atoms with E-state index in [0.717, 1.165) is 12.1 Å². The highest BCUT2D eigenvalue weighted by atomic mass is 32.2. The molecule has 1 aliphatic rings. The van der Waals surface area contributed by atoms with Crippen LogP contribution in [0.3, 0.4) is 0 Å². The fraction of sp³-hybridized carbons (Fsp3) is 0.0882. The number of aromatic hydroxyl groups is 1. The van der Waals surface area contributed by atoms with Crippen LogP contribution in [-0.2, 0) is 37.4 Å². The zero-order chi connectivity index (χ0) is 41.2. The molecule has 20 nitrogen and oxygen atoms in total. The van der Waals surface area contributed by atoms with Gasteiger partial charge >= 0.3 is 6.01 Å². The molecule has 0 radical (unpaired) electrons. The predicted molar refractivity (Wildman–Crippen MR) is 203 cm³/mol. The maximum atomic E-state index is 14.3. The van der Waals surface area contributed by atoms with Crippen LogP contribution in [0.2, 0.25) is 0 Å². The molecule has 57 heavy (non-hydrogen) atoms. The molecule has 0 fully saturated rings. The van der Waals surface area contributed by atoms with Crippen molar-refractivity contribution >= 4 is 81.7 Å². The molecule has 2 aromatic heterocycles. The summed E-state index contributed by atoms with van der Waals surface area (Å²) in [4.78, 5) is 36.2. The maximum Gasteiger partial charge on any atom is 0.320 e. The first-order valence-corrected chi connectivity index (χ1v) is 20.5. The number of anilines is 6. The van der Waals surface area contributed by atoms with Crippen molar-refractivity contribution in [1.29, 1.82) is 0 Å². The Hall–Kier alpha value is -6.50. The molecule has 0 aliphatic heterocycles. The number of ether oxygens (including phenoxy) is 1. The summed E-state index contributed by atoms with van der Waals surface area (Å²) >= 11 is 0. The highest BCUT2D eigenvalue weighted by Gasteiger charge is 2.34. The minimum Gasteiger partial charge on any atom is -0.488 e. The predicted octanol–water partition coefficient (Wildman–Crippen LogP) is 4.01. The second-order valence-corrected chi connectivity index (χ2v) is 16.4. The third-order valence-electron chi connectivity index (χ3n) is 8.67. The first-order chi connectivity index (χ1) is 26.8. The van der Waals surface area contributed by atoms with Crippen molar-refractivity contribution in [1.82, 2.24) is 19.5 Å². The van der Waals surface area contributed by atoms with Crippen LogP contribution in [0.15, 0.2) is 92.3 Å². The third-order valence-corrected chi connectivity index (χ3v) is 11.4. The molecule has 6 aromatic rings. The van der Waals surface area contributed by atoms with E-state index in [0.29, 0.717) is 22.7 Å². The van der Waals surface area contributed by atoms with Crippen LogP contribution in [-0.4, -0.2) is 75.9 Å². The molecule has 0 bridgehead atoms. The van der Waals surface area contributed by atoms with Crippen molar-refractivity contribution in [3.8, 4) is 22.9 Å². The summed E-state index contributed by atoms with van der Waals surface area (Å²) in [7, 11) is -13.9. The number of carbonyl (C=O) groups is 1. The fourth-order valence-electron chi connectivity index (χ4n) is 6.36. The van der Waals surface area contributed by atoms with Gasteiger partial charge in [0.25, 0.3) is 35.9 Å². The number of nitrogens with one attached hydrogen (secondary N) is 3. The number of nitrogens with zero attached hydrogens (tertiary/aromatic N) is 4. The second kappa shape index (κ2) is 13.9. The molecule has 0 unspecified atom stereocenters. The number of benzene rings is 4. The van der Waals surface area contributed by atoms with Crippen LogP contribution >= 0.6 is 0 Å². The van der Waals surface area contributed by atoms with Gasteiger partial charge in [-0.1, -0.05) is 36.4 Å². The third kappa shape index (κ3) is 7.09. The smallest absolute Gasteiger partial charge is 0.320 e. The largest absolute Gasteiger partial charge is 0.488 e. The normalized spacial score (nSPS) is 12.6. The van der Waals surface area contributed by atoms with Gasteiger partial charge in [0, 0.05) is 23.6 Å². The lowest BCUT2D eigenvalue weighted by Crippen LogP contribution is -2.24.